The molecule has 1 aliphatic rings. The van der Waals surface area contributed by atoms with Gasteiger partial charge in [-0.25, -0.2) is 0 Å². The summed E-state index contributed by atoms with van der Waals surface area (Å²) in [6.07, 6.45) is 4.70. The summed E-state index contributed by atoms with van der Waals surface area (Å²) < 4.78 is 0. The maximum absolute atomic E-state index is 10.8. The van der Waals surface area contributed by atoms with E-state index >= 15 is 0 Å². The molecule has 1 fully saturated rings. The van der Waals surface area contributed by atoms with Gasteiger partial charge in [-0.05, 0) is 25.8 Å². The van der Waals surface area contributed by atoms with Crippen LogP contribution in [0.5, 0.6) is 0 Å². The Morgan fingerprint density at radius 2 is 2.29 bits per heavy atom. The van der Waals surface area contributed by atoms with Crippen LogP contribution in [0.1, 0.15) is 32.1 Å². The van der Waals surface area contributed by atoms with Crippen molar-refractivity contribution in [1.82, 2.24) is 4.90 Å². The molecule has 0 bridgehead atoms. The van der Waals surface area contributed by atoms with Gasteiger partial charge in [0.15, 0.2) is 0 Å². The quantitative estimate of drug-likeness (QED) is 0.661. The monoisotopic (exact) mass is 200 g/mol. The highest BCUT2D eigenvalue weighted by molar-refractivity contribution is 5.74. The van der Waals surface area contributed by atoms with Crippen molar-refractivity contribution in [3.05, 3.63) is 0 Å². The zero-order valence-corrected chi connectivity index (χ0v) is 8.61. The molecule has 0 spiro atoms. The first kappa shape index (κ1) is 11.5. The number of hydrogen-bond acceptors (Lipinski definition) is 3. The lowest BCUT2D eigenvalue weighted by molar-refractivity contribution is -0.119. The minimum Gasteiger partial charge on any atom is -0.396 e. The number of nitrogens with two attached hydrogens (primary N) is 1. The van der Waals surface area contributed by atoms with Crippen LogP contribution < -0.4 is 5.73 Å². The average Bonchev–Trinajstić information content (AvgIpc) is 2.16. The maximum atomic E-state index is 10.8. The summed E-state index contributed by atoms with van der Waals surface area (Å²) in [5, 5.41) is 8.75. The highest BCUT2D eigenvalue weighted by Gasteiger charge is 2.22. The van der Waals surface area contributed by atoms with E-state index in [1.165, 1.54) is 12.8 Å². The Hall–Kier alpha value is -0.610. The molecule has 0 radical (unpaired) electrons. The van der Waals surface area contributed by atoms with Gasteiger partial charge in [0.1, 0.15) is 0 Å². The van der Waals surface area contributed by atoms with Crippen molar-refractivity contribution in [2.24, 2.45) is 5.73 Å². The SMILES string of the molecule is NC(=O)CC1CCCCN1CCCO. The summed E-state index contributed by atoms with van der Waals surface area (Å²) in [4.78, 5) is 13.1. The molecular weight excluding hydrogens is 180 g/mol. The molecule has 1 amide bonds. The molecule has 4 heteroatoms. The third-order valence-corrected chi connectivity index (χ3v) is 2.79. The Labute approximate surface area is 85.1 Å². The van der Waals surface area contributed by atoms with Gasteiger partial charge >= 0.3 is 0 Å². The highest BCUT2D eigenvalue weighted by atomic mass is 16.3. The standard InChI is InChI=1S/C10H20N2O2/c11-10(14)8-9-4-1-2-5-12(9)6-3-7-13/h9,13H,1-8H2,(H2,11,14). The number of piperidine rings is 1. The normalized spacial score (nSPS) is 23.6. The number of aliphatic hydroxyl groups excluding tert-OH is 1. The van der Waals surface area contributed by atoms with E-state index in [1.54, 1.807) is 0 Å². The summed E-state index contributed by atoms with van der Waals surface area (Å²) in [6.45, 7) is 2.15. The number of nitrogens with zero attached hydrogens (tertiary/aromatic N) is 1. The fourth-order valence-electron chi connectivity index (χ4n) is 2.09. The van der Waals surface area contributed by atoms with E-state index in [0.717, 1.165) is 25.9 Å². The van der Waals surface area contributed by atoms with Crippen molar-refractivity contribution in [1.29, 1.82) is 0 Å². The molecule has 1 rings (SSSR count). The lowest BCUT2D eigenvalue weighted by Crippen LogP contribution is -2.42. The predicted molar refractivity (Wildman–Crippen MR) is 54.7 cm³/mol. The molecular formula is C10H20N2O2. The summed E-state index contributed by atoms with van der Waals surface area (Å²) in [7, 11) is 0. The minimum atomic E-state index is -0.217. The zero-order chi connectivity index (χ0) is 10.4. The summed E-state index contributed by atoms with van der Waals surface area (Å²) in [5.74, 6) is -0.217. The largest absolute Gasteiger partial charge is 0.396 e. The first-order valence-electron chi connectivity index (χ1n) is 5.37. The number of likely N-dealkylation sites (tertiary alicyclic amines) is 1. The Morgan fingerprint density at radius 1 is 1.50 bits per heavy atom. The summed E-state index contributed by atoms with van der Waals surface area (Å²) >= 11 is 0. The first-order valence-corrected chi connectivity index (χ1v) is 5.37. The van der Waals surface area contributed by atoms with Crippen molar-refractivity contribution >= 4 is 5.91 Å². The van der Waals surface area contributed by atoms with Crippen LogP contribution >= 0.6 is 0 Å². The second-order valence-electron chi connectivity index (χ2n) is 3.93. The van der Waals surface area contributed by atoms with E-state index in [2.05, 4.69) is 4.90 Å². The fraction of sp³-hybridized carbons (Fsp3) is 0.900. The van der Waals surface area contributed by atoms with Crippen LogP contribution in [0.4, 0.5) is 0 Å². The van der Waals surface area contributed by atoms with Crippen molar-refractivity contribution in [3.8, 4) is 0 Å². The molecule has 0 aliphatic carbocycles. The van der Waals surface area contributed by atoms with E-state index < -0.39 is 0 Å². The Balaban J connectivity index is 2.37. The minimum absolute atomic E-state index is 0.217. The van der Waals surface area contributed by atoms with E-state index in [4.69, 9.17) is 10.8 Å². The van der Waals surface area contributed by atoms with Gasteiger partial charge in [0.25, 0.3) is 0 Å². The van der Waals surface area contributed by atoms with Crippen LogP contribution in [0.2, 0.25) is 0 Å². The van der Waals surface area contributed by atoms with Crippen LogP contribution in [-0.4, -0.2) is 41.7 Å². The number of carbonyl (C=O) groups is 1. The molecule has 82 valence electrons. The third-order valence-electron chi connectivity index (χ3n) is 2.79. The highest BCUT2D eigenvalue weighted by Crippen LogP contribution is 2.19. The molecule has 1 atom stereocenters. The van der Waals surface area contributed by atoms with Crippen molar-refractivity contribution in [2.45, 2.75) is 38.1 Å². The van der Waals surface area contributed by atoms with Crippen LogP contribution in [0.25, 0.3) is 0 Å². The molecule has 4 nitrogen and oxygen atoms in total. The van der Waals surface area contributed by atoms with E-state index in [9.17, 15) is 4.79 Å². The van der Waals surface area contributed by atoms with Gasteiger partial charge in [-0.2, -0.15) is 0 Å². The van der Waals surface area contributed by atoms with Crippen LogP contribution in [-0.2, 0) is 4.79 Å². The first-order chi connectivity index (χ1) is 6.74. The smallest absolute Gasteiger partial charge is 0.218 e. The lowest BCUT2D eigenvalue weighted by atomic mass is 9.99. The zero-order valence-electron chi connectivity index (χ0n) is 8.61. The maximum Gasteiger partial charge on any atom is 0.218 e. The lowest BCUT2D eigenvalue weighted by Gasteiger charge is -2.34. The Bertz CT molecular complexity index is 185. The number of carbonyl (C=O) groups excluding carboxylic acids is 1. The number of primary amides is 1. The average molecular weight is 200 g/mol. The van der Waals surface area contributed by atoms with Crippen molar-refractivity contribution < 1.29 is 9.90 Å². The predicted octanol–water partition coefficient (Wildman–Crippen LogP) is 0.0987. The third kappa shape index (κ3) is 3.64. The number of rotatable bonds is 5. The molecule has 3 N–H and O–H groups in total. The van der Waals surface area contributed by atoms with Gasteiger partial charge in [0, 0.05) is 25.6 Å². The van der Waals surface area contributed by atoms with Gasteiger partial charge in [-0.3, -0.25) is 9.69 Å². The summed E-state index contributed by atoms with van der Waals surface area (Å²) in [5.41, 5.74) is 5.20. The van der Waals surface area contributed by atoms with E-state index in [1.807, 2.05) is 0 Å². The van der Waals surface area contributed by atoms with Crippen molar-refractivity contribution in [3.63, 3.8) is 0 Å². The molecule has 0 aromatic carbocycles. The number of amides is 1. The number of hydrogen-bond donors (Lipinski definition) is 2. The molecule has 0 aromatic heterocycles. The van der Waals surface area contributed by atoms with Crippen LogP contribution in [0.3, 0.4) is 0 Å². The molecule has 1 aliphatic heterocycles. The van der Waals surface area contributed by atoms with Gasteiger partial charge in [-0.15, -0.1) is 0 Å². The molecule has 14 heavy (non-hydrogen) atoms. The van der Waals surface area contributed by atoms with Gasteiger partial charge < -0.3 is 10.8 Å². The topological polar surface area (TPSA) is 66.6 Å². The fourth-order valence-corrected chi connectivity index (χ4v) is 2.09. The second-order valence-corrected chi connectivity index (χ2v) is 3.93. The van der Waals surface area contributed by atoms with Crippen LogP contribution in [0, 0.1) is 0 Å². The van der Waals surface area contributed by atoms with Gasteiger partial charge in [-0.1, -0.05) is 6.42 Å². The Morgan fingerprint density at radius 3 is 2.93 bits per heavy atom. The molecule has 1 unspecified atom stereocenters. The molecule has 1 heterocycles. The summed E-state index contributed by atoms with van der Waals surface area (Å²) in [6, 6.07) is 0.313. The Kier molecular flexibility index (Phi) is 4.90. The van der Waals surface area contributed by atoms with E-state index in [0.29, 0.717) is 12.5 Å². The van der Waals surface area contributed by atoms with Crippen molar-refractivity contribution in [2.75, 3.05) is 19.7 Å². The number of aliphatic hydroxyl groups is 1. The van der Waals surface area contributed by atoms with E-state index in [-0.39, 0.29) is 12.5 Å². The molecule has 0 saturated carbocycles. The molecule has 1 saturated heterocycles. The van der Waals surface area contributed by atoms with Gasteiger partial charge in [0.2, 0.25) is 5.91 Å². The molecule has 0 aromatic rings. The second kappa shape index (κ2) is 5.98. The van der Waals surface area contributed by atoms with Crippen LogP contribution in [0.15, 0.2) is 0 Å². The van der Waals surface area contributed by atoms with Gasteiger partial charge in [0.05, 0.1) is 0 Å².